The standard InChI is InChI=1S/C12H13F3N2OS/c1-7(2)17-5-10(12(13,14)15)16-11(17)9-4-3-8(6-18)19-9/h3-5,7,18H,6H2,1-2H3. The molecule has 0 unspecified atom stereocenters. The van der Waals surface area contributed by atoms with E-state index in [0.717, 1.165) is 6.20 Å². The largest absolute Gasteiger partial charge is 0.434 e. The van der Waals surface area contributed by atoms with Gasteiger partial charge in [-0.05, 0) is 26.0 Å². The Morgan fingerprint density at radius 1 is 1.37 bits per heavy atom. The van der Waals surface area contributed by atoms with Crippen molar-refractivity contribution >= 4 is 11.3 Å². The molecular weight excluding hydrogens is 277 g/mol. The van der Waals surface area contributed by atoms with E-state index in [0.29, 0.717) is 9.75 Å². The third-order valence-electron chi connectivity index (χ3n) is 2.62. The fraction of sp³-hybridized carbons (Fsp3) is 0.417. The van der Waals surface area contributed by atoms with Gasteiger partial charge < -0.3 is 9.67 Å². The van der Waals surface area contributed by atoms with Crippen LogP contribution in [0.1, 0.15) is 30.5 Å². The smallest absolute Gasteiger partial charge is 0.391 e. The van der Waals surface area contributed by atoms with Crippen LogP contribution in [-0.2, 0) is 12.8 Å². The minimum atomic E-state index is -4.45. The summed E-state index contributed by atoms with van der Waals surface area (Å²) in [7, 11) is 0. The number of hydrogen-bond acceptors (Lipinski definition) is 3. The number of aliphatic hydroxyl groups excluding tert-OH is 1. The molecule has 0 bridgehead atoms. The van der Waals surface area contributed by atoms with Gasteiger partial charge in [-0.25, -0.2) is 4.98 Å². The van der Waals surface area contributed by atoms with Crippen molar-refractivity contribution < 1.29 is 18.3 Å². The van der Waals surface area contributed by atoms with E-state index in [1.54, 1.807) is 26.0 Å². The van der Waals surface area contributed by atoms with Crippen LogP contribution in [-0.4, -0.2) is 14.7 Å². The summed E-state index contributed by atoms with van der Waals surface area (Å²) in [6, 6.07) is 3.24. The number of imidazole rings is 1. The summed E-state index contributed by atoms with van der Waals surface area (Å²) < 4.78 is 39.7. The maximum Gasteiger partial charge on any atom is 0.434 e. The summed E-state index contributed by atoms with van der Waals surface area (Å²) in [5.41, 5.74) is -0.893. The average molecular weight is 290 g/mol. The van der Waals surface area contributed by atoms with E-state index < -0.39 is 11.9 Å². The van der Waals surface area contributed by atoms with E-state index in [4.69, 9.17) is 5.11 Å². The number of hydrogen-bond donors (Lipinski definition) is 1. The molecule has 0 saturated carbocycles. The zero-order chi connectivity index (χ0) is 14.2. The van der Waals surface area contributed by atoms with Gasteiger partial charge >= 0.3 is 6.18 Å². The second-order valence-corrected chi connectivity index (χ2v) is 5.54. The Bertz CT molecular complexity index is 572. The summed E-state index contributed by atoms with van der Waals surface area (Å²) in [4.78, 5) is 5.00. The first kappa shape index (κ1) is 14.1. The number of halogens is 3. The summed E-state index contributed by atoms with van der Waals surface area (Å²) in [5.74, 6) is 0.284. The normalized spacial score (nSPS) is 12.4. The zero-order valence-electron chi connectivity index (χ0n) is 10.4. The van der Waals surface area contributed by atoms with Gasteiger partial charge in [0.25, 0.3) is 0 Å². The Labute approximate surface area is 112 Å². The highest BCUT2D eigenvalue weighted by Crippen LogP contribution is 2.34. The molecule has 104 valence electrons. The van der Waals surface area contributed by atoms with Crippen molar-refractivity contribution in [3.8, 4) is 10.7 Å². The summed E-state index contributed by atoms with van der Waals surface area (Å²) >= 11 is 1.24. The average Bonchev–Trinajstić information content (AvgIpc) is 2.94. The third kappa shape index (κ3) is 2.82. The fourth-order valence-corrected chi connectivity index (χ4v) is 2.55. The lowest BCUT2D eigenvalue weighted by Gasteiger charge is -2.09. The van der Waals surface area contributed by atoms with Crippen LogP contribution in [0.2, 0.25) is 0 Å². The highest BCUT2D eigenvalue weighted by molar-refractivity contribution is 7.15. The van der Waals surface area contributed by atoms with Crippen LogP contribution < -0.4 is 0 Å². The van der Waals surface area contributed by atoms with Crippen molar-refractivity contribution in [2.24, 2.45) is 0 Å². The number of alkyl halides is 3. The topological polar surface area (TPSA) is 38.0 Å². The molecule has 3 nitrogen and oxygen atoms in total. The first-order valence-electron chi connectivity index (χ1n) is 5.69. The molecule has 0 aromatic carbocycles. The van der Waals surface area contributed by atoms with Crippen molar-refractivity contribution in [1.29, 1.82) is 0 Å². The highest BCUT2D eigenvalue weighted by atomic mass is 32.1. The van der Waals surface area contributed by atoms with Gasteiger partial charge in [0.1, 0.15) is 0 Å². The number of aliphatic hydroxyl groups is 1. The second-order valence-electron chi connectivity index (χ2n) is 4.37. The monoisotopic (exact) mass is 290 g/mol. The fourth-order valence-electron chi connectivity index (χ4n) is 1.69. The van der Waals surface area contributed by atoms with E-state index in [1.165, 1.54) is 15.9 Å². The van der Waals surface area contributed by atoms with E-state index in [1.807, 2.05) is 0 Å². The maximum atomic E-state index is 12.7. The molecule has 19 heavy (non-hydrogen) atoms. The van der Waals surface area contributed by atoms with E-state index in [2.05, 4.69) is 4.98 Å². The van der Waals surface area contributed by atoms with Crippen molar-refractivity contribution in [3.05, 3.63) is 28.9 Å². The predicted octanol–water partition coefficient (Wildman–Crippen LogP) is 3.70. The van der Waals surface area contributed by atoms with Gasteiger partial charge in [0, 0.05) is 17.1 Å². The number of aromatic nitrogens is 2. The van der Waals surface area contributed by atoms with Crippen molar-refractivity contribution in [1.82, 2.24) is 9.55 Å². The van der Waals surface area contributed by atoms with Gasteiger partial charge in [-0.3, -0.25) is 0 Å². The molecule has 1 N–H and O–H groups in total. The van der Waals surface area contributed by atoms with Crippen LogP contribution in [0.25, 0.3) is 10.7 Å². The van der Waals surface area contributed by atoms with Gasteiger partial charge in [0.05, 0.1) is 11.5 Å². The van der Waals surface area contributed by atoms with Crippen molar-refractivity contribution in [2.45, 2.75) is 32.7 Å². The summed E-state index contributed by atoms with van der Waals surface area (Å²) in [5, 5.41) is 9.01. The highest BCUT2D eigenvalue weighted by Gasteiger charge is 2.35. The van der Waals surface area contributed by atoms with E-state index in [-0.39, 0.29) is 18.5 Å². The first-order chi connectivity index (χ1) is 8.82. The quantitative estimate of drug-likeness (QED) is 0.936. The van der Waals surface area contributed by atoms with Gasteiger partial charge in [-0.2, -0.15) is 13.2 Å². The van der Waals surface area contributed by atoms with Crippen molar-refractivity contribution in [3.63, 3.8) is 0 Å². The Morgan fingerprint density at radius 2 is 2.05 bits per heavy atom. The molecule has 0 amide bonds. The summed E-state index contributed by atoms with van der Waals surface area (Å²) in [6.45, 7) is 3.47. The van der Waals surface area contributed by atoms with Gasteiger partial charge in [0.2, 0.25) is 0 Å². The SMILES string of the molecule is CC(C)n1cc(C(F)(F)F)nc1-c1ccc(CO)s1. The molecule has 0 aliphatic carbocycles. The third-order valence-corrected chi connectivity index (χ3v) is 3.68. The Balaban J connectivity index is 2.52. The minimum absolute atomic E-state index is 0.126. The molecule has 2 heterocycles. The van der Waals surface area contributed by atoms with Crippen LogP contribution in [0.15, 0.2) is 18.3 Å². The maximum absolute atomic E-state index is 12.7. The van der Waals surface area contributed by atoms with E-state index >= 15 is 0 Å². The molecule has 0 saturated heterocycles. The first-order valence-corrected chi connectivity index (χ1v) is 6.50. The Kier molecular flexibility index (Phi) is 3.69. The summed E-state index contributed by atoms with van der Waals surface area (Å²) in [6.07, 6.45) is -3.43. The molecule has 0 aliphatic rings. The minimum Gasteiger partial charge on any atom is -0.391 e. The molecule has 2 aromatic heterocycles. The van der Waals surface area contributed by atoms with Crippen LogP contribution in [0.5, 0.6) is 0 Å². The molecule has 0 spiro atoms. The number of nitrogens with zero attached hydrogens (tertiary/aromatic N) is 2. The molecule has 2 aromatic rings. The molecule has 0 atom stereocenters. The molecule has 2 rings (SSSR count). The lowest BCUT2D eigenvalue weighted by atomic mass is 10.3. The van der Waals surface area contributed by atoms with Crippen LogP contribution in [0.3, 0.4) is 0 Å². The zero-order valence-corrected chi connectivity index (χ0v) is 11.2. The van der Waals surface area contributed by atoms with E-state index in [9.17, 15) is 13.2 Å². The second kappa shape index (κ2) is 4.97. The van der Waals surface area contributed by atoms with Crippen LogP contribution in [0, 0.1) is 0 Å². The van der Waals surface area contributed by atoms with Crippen LogP contribution in [0.4, 0.5) is 13.2 Å². The molecular formula is C12H13F3N2OS. The predicted molar refractivity (Wildman–Crippen MR) is 66.8 cm³/mol. The van der Waals surface area contributed by atoms with Gasteiger partial charge in [-0.1, -0.05) is 0 Å². The Hall–Kier alpha value is -1.34. The molecule has 0 aliphatic heterocycles. The molecule has 7 heteroatoms. The molecule has 0 radical (unpaired) electrons. The lowest BCUT2D eigenvalue weighted by Crippen LogP contribution is -2.05. The Morgan fingerprint density at radius 3 is 2.53 bits per heavy atom. The number of thiophene rings is 1. The number of rotatable bonds is 3. The van der Waals surface area contributed by atoms with Gasteiger partial charge in [0.15, 0.2) is 11.5 Å². The van der Waals surface area contributed by atoms with Crippen molar-refractivity contribution in [2.75, 3.05) is 0 Å². The molecule has 0 fully saturated rings. The van der Waals surface area contributed by atoms with Crippen LogP contribution >= 0.6 is 11.3 Å². The lowest BCUT2D eigenvalue weighted by molar-refractivity contribution is -0.140. The van der Waals surface area contributed by atoms with Gasteiger partial charge in [-0.15, -0.1) is 11.3 Å².